The van der Waals surface area contributed by atoms with Gasteiger partial charge in [0.1, 0.15) is 18.2 Å². The predicted octanol–water partition coefficient (Wildman–Crippen LogP) is 1.73. The Morgan fingerprint density at radius 3 is 2.46 bits per heavy atom. The zero-order valence-corrected chi connectivity index (χ0v) is 16.4. The lowest BCUT2D eigenvalue weighted by molar-refractivity contribution is -0.135. The van der Waals surface area contributed by atoms with Crippen molar-refractivity contribution >= 4 is 22.8 Å². The van der Waals surface area contributed by atoms with Crippen LogP contribution in [0.4, 0.5) is 5.82 Å². The number of hydrogen-bond acceptors (Lipinski definition) is 6. The lowest BCUT2D eigenvalue weighted by Crippen LogP contribution is -2.50. The summed E-state index contributed by atoms with van der Waals surface area (Å²) >= 11 is 0. The number of methoxy groups -OCH3 is 1. The molecule has 3 heterocycles. The second-order valence-corrected chi connectivity index (χ2v) is 7.02. The Hall–Kier alpha value is -3.00. The largest absolute Gasteiger partial charge is 0.375 e. The molecule has 1 aliphatic heterocycles. The SMILES string of the molecule is COCC(=O)N1CCN(c2nc(C)nc3c2cnn3-c2ccc(C)cc2)CC1. The number of amides is 1. The molecule has 28 heavy (non-hydrogen) atoms. The van der Waals surface area contributed by atoms with Gasteiger partial charge in [0.05, 0.1) is 17.3 Å². The molecule has 8 heteroatoms. The summed E-state index contributed by atoms with van der Waals surface area (Å²) in [5, 5.41) is 5.49. The summed E-state index contributed by atoms with van der Waals surface area (Å²) in [7, 11) is 1.54. The maximum Gasteiger partial charge on any atom is 0.248 e. The van der Waals surface area contributed by atoms with Gasteiger partial charge in [-0.3, -0.25) is 4.79 Å². The van der Waals surface area contributed by atoms with Crippen LogP contribution >= 0.6 is 0 Å². The Bertz CT molecular complexity index is 990. The molecule has 0 saturated carbocycles. The smallest absolute Gasteiger partial charge is 0.248 e. The average molecular weight is 380 g/mol. The lowest BCUT2D eigenvalue weighted by Gasteiger charge is -2.35. The summed E-state index contributed by atoms with van der Waals surface area (Å²) < 4.78 is 6.81. The molecular formula is C20H24N6O2. The molecule has 1 amide bonds. The van der Waals surface area contributed by atoms with E-state index in [0.717, 1.165) is 35.6 Å². The number of rotatable bonds is 4. The molecule has 0 bridgehead atoms. The summed E-state index contributed by atoms with van der Waals surface area (Å²) in [4.78, 5) is 25.4. The first-order valence-corrected chi connectivity index (χ1v) is 9.38. The van der Waals surface area contributed by atoms with Crippen molar-refractivity contribution in [3.05, 3.63) is 41.9 Å². The van der Waals surface area contributed by atoms with Crippen molar-refractivity contribution < 1.29 is 9.53 Å². The van der Waals surface area contributed by atoms with Crippen LogP contribution in [0.2, 0.25) is 0 Å². The number of benzene rings is 1. The van der Waals surface area contributed by atoms with E-state index in [-0.39, 0.29) is 12.5 Å². The second-order valence-electron chi connectivity index (χ2n) is 7.02. The van der Waals surface area contributed by atoms with Gasteiger partial charge in [0, 0.05) is 33.3 Å². The number of carbonyl (C=O) groups is 1. The van der Waals surface area contributed by atoms with Gasteiger partial charge in [-0.05, 0) is 26.0 Å². The van der Waals surface area contributed by atoms with Crippen LogP contribution in [-0.4, -0.2) is 70.5 Å². The van der Waals surface area contributed by atoms with Gasteiger partial charge in [0.15, 0.2) is 5.65 Å². The summed E-state index contributed by atoms with van der Waals surface area (Å²) in [6.07, 6.45) is 1.83. The van der Waals surface area contributed by atoms with Crippen LogP contribution < -0.4 is 4.90 Å². The number of fused-ring (bicyclic) bond motifs is 1. The highest BCUT2D eigenvalue weighted by Gasteiger charge is 2.24. The van der Waals surface area contributed by atoms with E-state index in [0.29, 0.717) is 18.9 Å². The molecule has 0 radical (unpaired) electrons. The third kappa shape index (κ3) is 3.43. The Morgan fingerprint density at radius 1 is 1.07 bits per heavy atom. The van der Waals surface area contributed by atoms with Crippen LogP contribution in [0.1, 0.15) is 11.4 Å². The van der Waals surface area contributed by atoms with Crippen molar-refractivity contribution in [3.63, 3.8) is 0 Å². The third-order valence-corrected chi connectivity index (χ3v) is 5.00. The summed E-state index contributed by atoms with van der Waals surface area (Å²) in [6, 6.07) is 8.21. The number of anilines is 1. The zero-order chi connectivity index (χ0) is 19.7. The average Bonchev–Trinajstić information content (AvgIpc) is 3.12. The molecule has 8 nitrogen and oxygen atoms in total. The van der Waals surface area contributed by atoms with Crippen molar-refractivity contribution in [2.24, 2.45) is 0 Å². The van der Waals surface area contributed by atoms with E-state index in [9.17, 15) is 4.79 Å². The van der Waals surface area contributed by atoms with Gasteiger partial charge >= 0.3 is 0 Å². The van der Waals surface area contributed by atoms with Crippen LogP contribution in [0.15, 0.2) is 30.5 Å². The molecule has 1 saturated heterocycles. The lowest BCUT2D eigenvalue weighted by atomic mass is 10.2. The molecule has 146 valence electrons. The number of nitrogens with zero attached hydrogens (tertiary/aromatic N) is 6. The molecule has 0 atom stereocenters. The minimum atomic E-state index is 0.0263. The van der Waals surface area contributed by atoms with E-state index in [2.05, 4.69) is 39.0 Å². The number of hydrogen-bond donors (Lipinski definition) is 0. The Balaban J connectivity index is 1.64. The number of aryl methyl sites for hydroxylation is 2. The maximum atomic E-state index is 12.0. The first kappa shape index (κ1) is 18.4. The first-order chi connectivity index (χ1) is 13.6. The van der Waals surface area contributed by atoms with Crippen molar-refractivity contribution in [1.82, 2.24) is 24.6 Å². The van der Waals surface area contributed by atoms with E-state index in [4.69, 9.17) is 4.74 Å². The highest BCUT2D eigenvalue weighted by atomic mass is 16.5. The molecule has 1 aromatic carbocycles. The topological polar surface area (TPSA) is 76.4 Å². The summed E-state index contributed by atoms with van der Waals surface area (Å²) in [5.74, 6) is 1.60. The molecule has 1 fully saturated rings. The van der Waals surface area contributed by atoms with Gasteiger partial charge in [-0.1, -0.05) is 17.7 Å². The fourth-order valence-corrected chi connectivity index (χ4v) is 3.50. The van der Waals surface area contributed by atoms with E-state index in [1.165, 1.54) is 5.56 Å². The fraction of sp³-hybridized carbons (Fsp3) is 0.400. The van der Waals surface area contributed by atoms with Gasteiger partial charge in [-0.2, -0.15) is 5.10 Å². The molecule has 0 unspecified atom stereocenters. The molecule has 2 aromatic heterocycles. The molecule has 1 aliphatic rings. The number of piperazine rings is 1. The van der Waals surface area contributed by atoms with Crippen LogP contribution in [0, 0.1) is 13.8 Å². The van der Waals surface area contributed by atoms with E-state index >= 15 is 0 Å². The van der Waals surface area contributed by atoms with Crippen LogP contribution in [0.5, 0.6) is 0 Å². The molecule has 3 aromatic rings. The Morgan fingerprint density at radius 2 is 1.79 bits per heavy atom. The summed E-state index contributed by atoms with van der Waals surface area (Å²) in [5.41, 5.74) is 2.97. The third-order valence-electron chi connectivity index (χ3n) is 5.00. The molecule has 0 N–H and O–H groups in total. The Labute approximate surface area is 163 Å². The predicted molar refractivity (Wildman–Crippen MR) is 107 cm³/mol. The molecule has 4 rings (SSSR count). The Kier molecular flexibility index (Phi) is 4.95. The van der Waals surface area contributed by atoms with Gasteiger partial charge in [-0.25, -0.2) is 14.6 Å². The standard InChI is InChI=1S/C20H24N6O2/c1-14-4-6-16(7-5-14)26-20-17(12-21-26)19(22-15(2)23-20)25-10-8-24(9-11-25)18(27)13-28-3/h4-7,12H,8-11,13H2,1-3H3. The number of aromatic nitrogens is 4. The maximum absolute atomic E-state index is 12.0. The first-order valence-electron chi connectivity index (χ1n) is 9.38. The van der Waals surface area contributed by atoms with Gasteiger partial charge in [0.25, 0.3) is 0 Å². The van der Waals surface area contributed by atoms with Gasteiger partial charge in [0.2, 0.25) is 5.91 Å². The highest BCUT2D eigenvalue weighted by molar-refractivity contribution is 5.88. The highest BCUT2D eigenvalue weighted by Crippen LogP contribution is 2.26. The molecule has 0 spiro atoms. The monoisotopic (exact) mass is 380 g/mol. The van der Waals surface area contributed by atoms with Crippen molar-refractivity contribution in [2.75, 3.05) is 44.8 Å². The fourth-order valence-electron chi connectivity index (χ4n) is 3.50. The van der Waals surface area contributed by atoms with E-state index in [1.807, 2.05) is 34.8 Å². The minimum Gasteiger partial charge on any atom is -0.375 e. The quantitative estimate of drug-likeness (QED) is 0.686. The van der Waals surface area contributed by atoms with Crippen molar-refractivity contribution in [2.45, 2.75) is 13.8 Å². The molecule has 0 aliphatic carbocycles. The van der Waals surface area contributed by atoms with Crippen LogP contribution in [0.25, 0.3) is 16.7 Å². The van der Waals surface area contributed by atoms with E-state index in [1.54, 1.807) is 7.11 Å². The minimum absolute atomic E-state index is 0.0263. The molecular weight excluding hydrogens is 356 g/mol. The van der Waals surface area contributed by atoms with E-state index < -0.39 is 0 Å². The van der Waals surface area contributed by atoms with Gasteiger partial charge < -0.3 is 14.5 Å². The normalized spacial score (nSPS) is 14.7. The summed E-state index contributed by atoms with van der Waals surface area (Å²) in [6.45, 7) is 6.82. The number of carbonyl (C=O) groups excluding carboxylic acids is 1. The second kappa shape index (κ2) is 7.55. The van der Waals surface area contributed by atoms with Crippen molar-refractivity contribution in [1.29, 1.82) is 0 Å². The van der Waals surface area contributed by atoms with Crippen molar-refractivity contribution in [3.8, 4) is 5.69 Å². The number of ether oxygens (including phenoxy) is 1. The van der Waals surface area contributed by atoms with Gasteiger partial charge in [-0.15, -0.1) is 0 Å². The van der Waals surface area contributed by atoms with Crippen LogP contribution in [0.3, 0.4) is 0 Å². The zero-order valence-electron chi connectivity index (χ0n) is 16.4. The van der Waals surface area contributed by atoms with Crippen LogP contribution in [-0.2, 0) is 9.53 Å².